The zero-order chi connectivity index (χ0) is 24.9. The van der Waals surface area contributed by atoms with Crippen molar-refractivity contribution in [3.8, 4) is 5.75 Å². The number of ether oxygens (including phenoxy) is 2. The molecule has 0 unspecified atom stereocenters. The van der Waals surface area contributed by atoms with Crippen LogP contribution in [0.4, 0.5) is 10.5 Å². The Morgan fingerprint density at radius 3 is 2.43 bits per heavy atom. The normalized spacial score (nSPS) is 18.7. The van der Waals surface area contributed by atoms with Crippen molar-refractivity contribution >= 4 is 17.7 Å². The van der Waals surface area contributed by atoms with E-state index in [-0.39, 0.29) is 6.03 Å². The highest BCUT2D eigenvalue weighted by molar-refractivity contribution is 5.95. The molecule has 2 aromatic rings. The SMILES string of the molecule is CCOc1ccc([C@H]2NC(=O)NC(CN3CCN(c4cccc(C)c4C)CC3)=C2C(=O)OC)cc1. The number of carbonyl (C=O) groups excluding carboxylic acids is 2. The van der Waals surface area contributed by atoms with E-state index >= 15 is 0 Å². The number of anilines is 1. The van der Waals surface area contributed by atoms with Gasteiger partial charge in [-0.25, -0.2) is 9.59 Å². The summed E-state index contributed by atoms with van der Waals surface area (Å²) in [7, 11) is 1.36. The molecular formula is C27H34N4O4. The van der Waals surface area contributed by atoms with E-state index in [1.807, 2.05) is 31.2 Å². The number of nitrogens with one attached hydrogen (secondary N) is 2. The van der Waals surface area contributed by atoms with Crippen molar-refractivity contribution < 1.29 is 19.1 Å². The Labute approximate surface area is 206 Å². The number of methoxy groups -OCH3 is 1. The first-order valence-electron chi connectivity index (χ1n) is 12.1. The second-order valence-corrected chi connectivity index (χ2v) is 8.90. The quantitative estimate of drug-likeness (QED) is 0.594. The van der Waals surface area contributed by atoms with E-state index in [1.165, 1.54) is 23.9 Å². The molecule has 35 heavy (non-hydrogen) atoms. The first-order valence-corrected chi connectivity index (χ1v) is 12.1. The van der Waals surface area contributed by atoms with Crippen LogP contribution in [0.15, 0.2) is 53.7 Å². The maximum atomic E-state index is 12.9. The monoisotopic (exact) mass is 478 g/mol. The summed E-state index contributed by atoms with van der Waals surface area (Å²) in [5.74, 6) is 0.280. The number of nitrogens with zero attached hydrogens (tertiary/aromatic N) is 2. The van der Waals surface area contributed by atoms with Crippen molar-refractivity contribution in [2.75, 3.05) is 51.3 Å². The highest BCUT2D eigenvalue weighted by Crippen LogP contribution is 2.30. The summed E-state index contributed by atoms with van der Waals surface area (Å²) in [5.41, 5.74) is 5.66. The number of esters is 1. The van der Waals surface area contributed by atoms with E-state index in [2.05, 4.69) is 52.5 Å². The Morgan fingerprint density at radius 1 is 1.06 bits per heavy atom. The third-order valence-electron chi connectivity index (χ3n) is 6.75. The van der Waals surface area contributed by atoms with Gasteiger partial charge in [-0.3, -0.25) is 4.90 Å². The van der Waals surface area contributed by atoms with Crippen LogP contribution >= 0.6 is 0 Å². The van der Waals surface area contributed by atoms with Crippen molar-refractivity contribution in [2.24, 2.45) is 0 Å². The number of carbonyl (C=O) groups is 2. The van der Waals surface area contributed by atoms with Gasteiger partial charge in [-0.05, 0) is 55.7 Å². The molecule has 1 saturated heterocycles. The van der Waals surface area contributed by atoms with E-state index in [0.717, 1.165) is 37.5 Å². The van der Waals surface area contributed by atoms with Gasteiger partial charge in [-0.1, -0.05) is 24.3 Å². The predicted octanol–water partition coefficient (Wildman–Crippen LogP) is 3.31. The molecule has 1 atom stereocenters. The zero-order valence-corrected chi connectivity index (χ0v) is 20.9. The Kier molecular flexibility index (Phi) is 7.60. The molecule has 0 aromatic heterocycles. The second-order valence-electron chi connectivity index (χ2n) is 8.90. The van der Waals surface area contributed by atoms with Gasteiger partial charge in [0, 0.05) is 44.1 Å². The Bertz CT molecular complexity index is 1100. The van der Waals surface area contributed by atoms with Crippen LogP contribution in [0.25, 0.3) is 0 Å². The van der Waals surface area contributed by atoms with Crippen LogP contribution in [0.2, 0.25) is 0 Å². The van der Waals surface area contributed by atoms with Crippen molar-refractivity contribution in [2.45, 2.75) is 26.8 Å². The van der Waals surface area contributed by atoms with E-state index < -0.39 is 12.0 Å². The molecule has 0 aliphatic carbocycles. The number of aryl methyl sites for hydroxylation is 1. The second kappa shape index (κ2) is 10.8. The van der Waals surface area contributed by atoms with Crippen LogP contribution in [0.5, 0.6) is 5.75 Å². The Balaban J connectivity index is 1.54. The van der Waals surface area contributed by atoms with Crippen LogP contribution in [-0.2, 0) is 9.53 Å². The molecule has 0 spiro atoms. The van der Waals surface area contributed by atoms with Gasteiger partial charge < -0.3 is 25.0 Å². The molecule has 2 N–H and O–H groups in total. The number of piperazine rings is 1. The van der Waals surface area contributed by atoms with Gasteiger partial charge in [0.25, 0.3) is 0 Å². The average molecular weight is 479 g/mol. The molecule has 0 bridgehead atoms. The van der Waals surface area contributed by atoms with Gasteiger partial charge in [-0.2, -0.15) is 0 Å². The van der Waals surface area contributed by atoms with Gasteiger partial charge in [0.2, 0.25) is 0 Å². The fourth-order valence-corrected chi connectivity index (χ4v) is 4.72. The fraction of sp³-hybridized carbons (Fsp3) is 0.407. The molecule has 2 aliphatic rings. The van der Waals surface area contributed by atoms with Gasteiger partial charge in [-0.15, -0.1) is 0 Å². The number of hydrogen-bond donors (Lipinski definition) is 2. The Morgan fingerprint density at radius 2 is 1.77 bits per heavy atom. The predicted molar refractivity (Wildman–Crippen MR) is 136 cm³/mol. The summed E-state index contributed by atoms with van der Waals surface area (Å²) in [6.07, 6.45) is 0. The molecule has 2 aliphatic heterocycles. The summed E-state index contributed by atoms with van der Waals surface area (Å²) in [6.45, 7) is 10.6. The minimum atomic E-state index is -0.599. The van der Waals surface area contributed by atoms with Crippen LogP contribution in [0, 0.1) is 13.8 Å². The third-order valence-corrected chi connectivity index (χ3v) is 6.75. The Hall–Kier alpha value is -3.52. The summed E-state index contributed by atoms with van der Waals surface area (Å²) in [6, 6.07) is 12.9. The van der Waals surface area contributed by atoms with Gasteiger partial charge in [0.15, 0.2) is 0 Å². The lowest BCUT2D eigenvalue weighted by molar-refractivity contribution is -0.136. The van der Waals surface area contributed by atoms with Crippen LogP contribution < -0.4 is 20.3 Å². The first-order chi connectivity index (χ1) is 16.9. The van der Waals surface area contributed by atoms with Crippen molar-refractivity contribution in [3.63, 3.8) is 0 Å². The summed E-state index contributed by atoms with van der Waals surface area (Å²) in [4.78, 5) is 30.1. The average Bonchev–Trinajstić information content (AvgIpc) is 2.86. The van der Waals surface area contributed by atoms with Crippen LogP contribution in [0.1, 0.15) is 29.7 Å². The molecule has 0 saturated carbocycles. The largest absolute Gasteiger partial charge is 0.494 e. The number of amides is 2. The molecule has 186 valence electrons. The standard InChI is InChI=1S/C27H34N4O4/c1-5-35-21-11-9-20(10-12-21)25-24(26(32)34-4)22(28-27(33)29-25)17-30-13-15-31(16-14-30)23-8-6-7-18(2)19(23)3/h6-12,25H,5,13-17H2,1-4H3,(H2,28,29,33)/t25-/m1/s1. The smallest absolute Gasteiger partial charge is 0.338 e. The summed E-state index contributed by atoms with van der Waals surface area (Å²) in [5, 5.41) is 5.75. The molecule has 8 nitrogen and oxygen atoms in total. The highest BCUT2D eigenvalue weighted by Gasteiger charge is 2.34. The van der Waals surface area contributed by atoms with Crippen molar-refractivity contribution in [3.05, 3.63) is 70.4 Å². The zero-order valence-electron chi connectivity index (χ0n) is 20.9. The number of rotatable bonds is 7. The summed E-state index contributed by atoms with van der Waals surface area (Å²) >= 11 is 0. The van der Waals surface area contributed by atoms with Crippen LogP contribution in [0.3, 0.4) is 0 Å². The number of benzene rings is 2. The van der Waals surface area contributed by atoms with E-state index in [4.69, 9.17) is 9.47 Å². The molecule has 4 rings (SSSR count). The minimum absolute atomic E-state index is 0.333. The summed E-state index contributed by atoms with van der Waals surface area (Å²) < 4.78 is 10.6. The first kappa shape index (κ1) is 24.6. The number of hydrogen-bond acceptors (Lipinski definition) is 6. The van der Waals surface area contributed by atoms with E-state index in [1.54, 1.807) is 0 Å². The minimum Gasteiger partial charge on any atom is -0.494 e. The number of urea groups is 1. The molecule has 1 fully saturated rings. The van der Waals surface area contributed by atoms with Crippen molar-refractivity contribution in [1.29, 1.82) is 0 Å². The highest BCUT2D eigenvalue weighted by atomic mass is 16.5. The van der Waals surface area contributed by atoms with Gasteiger partial charge >= 0.3 is 12.0 Å². The topological polar surface area (TPSA) is 83.1 Å². The van der Waals surface area contributed by atoms with Crippen molar-refractivity contribution in [1.82, 2.24) is 15.5 Å². The maximum absolute atomic E-state index is 12.9. The third kappa shape index (κ3) is 5.43. The molecule has 2 heterocycles. The lowest BCUT2D eigenvalue weighted by Gasteiger charge is -2.38. The fourth-order valence-electron chi connectivity index (χ4n) is 4.72. The molecule has 0 radical (unpaired) electrons. The lowest BCUT2D eigenvalue weighted by Crippen LogP contribution is -2.51. The van der Waals surface area contributed by atoms with Gasteiger partial charge in [0.1, 0.15) is 5.75 Å². The van der Waals surface area contributed by atoms with E-state index in [9.17, 15) is 9.59 Å². The maximum Gasteiger partial charge on any atom is 0.338 e. The van der Waals surface area contributed by atoms with Gasteiger partial charge in [0.05, 0.1) is 25.3 Å². The molecule has 2 amide bonds. The molecular weight excluding hydrogens is 444 g/mol. The van der Waals surface area contributed by atoms with Crippen LogP contribution in [-0.4, -0.2) is 63.3 Å². The molecule has 8 heteroatoms. The lowest BCUT2D eigenvalue weighted by atomic mass is 9.94. The molecule has 2 aromatic carbocycles. The van der Waals surface area contributed by atoms with E-state index in [0.29, 0.717) is 24.4 Å².